The van der Waals surface area contributed by atoms with E-state index in [1.54, 1.807) is 6.92 Å². The van der Waals surface area contributed by atoms with Gasteiger partial charge >= 0.3 is 11.9 Å². The zero-order chi connectivity index (χ0) is 83.9. The second-order valence-corrected chi connectivity index (χ2v) is 48.4. The molecule has 0 radical (unpaired) electrons. The number of aliphatic carboxylic acids is 2. The fraction of sp³-hybridized carbons (Fsp3) is 0.843. The smallest absolute Gasteiger partial charge is 0.309 e. The van der Waals surface area contributed by atoms with Crippen LogP contribution in [0.3, 0.4) is 0 Å². The lowest BCUT2D eigenvalue weighted by Crippen LogP contribution is -2.66. The predicted molar refractivity (Wildman–Crippen MR) is 449 cm³/mol. The van der Waals surface area contributed by atoms with Gasteiger partial charge in [-0.1, -0.05) is 139 Å². The van der Waals surface area contributed by atoms with Gasteiger partial charge in [0.25, 0.3) is 0 Å². The van der Waals surface area contributed by atoms with Crippen molar-refractivity contribution in [2.75, 3.05) is 0 Å². The lowest BCUT2D eigenvalue weighted by Gasteiger charge is -2.69. The predicted octanol–water partition coefficient (Wildman–Crippen LogP) is 21.2. The first-order valence-electron chi connectivity index (χ1n) is 46.8. The van der Waals surface area contributed by atoms with Crippen LogP contribution in [0.5, 0.6) is 0 Å². The number of Topliss-reactive ketones (excluding diaryl/α,β-unsaturated/α-hetero) is 3. The van der Waals surface area contributed by atoms with E-state index in [0.29, 0.717) is 78.4 Å². The minimum Gasteiger partial charge on any atom is -0.481 e. The number of aliphatic hydroxyl groups is 3. The van der Waals surface area contributed by atoms with Crippen molar-refractivity contribution in [2.45, 2.75) is 369 Å². The lowest BCUT2D eigenvalue weighted by atomic mass is 9.33. The Labute approximate surface area is 691 Å². The maximum Gasteiger partial charge on any atom is 0.309 e. The highest BCUT2D eigenvalue weighted by Gasteiger charge is 2.74. The van der Waals surface area contributed by atoms with E-state index in [4.69, 9.17) is 0 Å². The number of ketones is 6. The maximum atomic E-state index is 14.2. The number of hydrogen-bond donors (Lipinski definition) is 5. The number of allylic oxidation sites excluding steroid dienone is 6. The number of carboxylic acids is 2. The Morgan fingerprint density at radius 1 is 0.426 bits per heavy atom. The number of carboxylic acid groups (broad SMARTS) is 2. The van der Waals surface area contributed by atoms with Crippen molar-refractivity contribution in [2.24, 2.45) is 169 Å². The Kier molecular flexibility index (Phi) is 20.8. The van der Waals surface area contributed by atoms with Gasteiger partial charge in [-0.15, -0.1) is 0 Å². The molecule has 14 fully saturated rings. The molecule has 0 aliphatic heterocycles. The molecule has 13 nitrogen and oxygen atoms in total. The molecule has 18 aliphatic rings. The van der Waals surface area contributed by atoms with E-state index in [1.165, 1.54) is 54.4 Å². The molecule has 0 spiro atoms. The third-order valence-corrected chi connectivity index (χ3v) is 42.8. The van der Waals surface area contributed by atoms with Crippen molar-refractivity contribution in [3.05, 3.63) is 46.6 Å². The topological polar surface area (TPSA) is 238 Å². The normalized spacial score (nSPS) is 52.0. The molecule has 0 aromatic carbocycles. The van der Waals surface area contributed by atoms with Gasteiger partial charge < -0.3 is 25.5 Å². The zero-order valence-corrected chi connectivity index (χ0v) is 75.0. The number of carbonyl (C=O) groups is 8. The first-order chi connectivity index (χ1) is 53.2. The molecule has 0 bridgehead atoms. The zero-order valence-electron chi connectivity index (χ0n) is 75.0. The van der Waals surface area contributed by atoms with Crippen LogP contribution in [-0.2, 0) is 38.4 Å². The molecule has 0 aromatic heterocycles. The van der Waals surface area contributed by atoms with E-state index < -0.39 is 22.8 Å². The molecule has 14 saturated carbocycles. The molecular weight excluding hydrogens is 1430 g/mol. The van der Waals surface area contributed by atoms with Crippen molar-refractivity contribution in [1.82, 2.24) is 0 Å². The van der Waals surface area contributed by atoms with Crippen molar-refractivity contribution >= 4 is 46.6 Å². The number of carbonyl (C=O) groups excluding carboxylic acids is 6. The standard InChI is InChI=1S/2C30H44O4.C21H34O3.C21H30O2/c2*1-25(2)21-8-11-30(7)23(28(21,5)10-9-22(25)32)20(31)16-18-19-17-27(4,24(33)34)13-12-26(19,3)14-15-29(18,30)6;1-12(22)16-6-7-17-15-5-4-13-10-14(23)8-9-20(13,2)19(15)18(24)11-21(16,17)3;1-13(22)17-6-7-18-16-5-4-14-12-15(23)8-10-20(14,2)19(16)9-11-21(17,18)3/h2*16,19,21,23H,8-15,17H2,1-7H3,(H,33,34);10,12,14-19,22-24H,4-9,11H2,1-3H3;12,16-19H,4-11H2,1-3H3/t19?,21-,23?,26+,27-,28-,29+,30+;19-,21+,23?,26-,27+,28+,29-,30-;12-,14+,15?,16?,17?,18+,19?,20+,21-;16?,17?,18?,19?,20-,21+/m0110/s1. The SMILES string of the molecule is CC(=O)C1CCC2C3CCC4=CC(=O)CC[C@]4(C)C3CC[C@]12C.CC1(C)C(=O)CC[C@]2(C)C3C(=O)C=C4C5C[C@@](C)(C(=O)O)CC[C@]5(C)CC[C@@]4(C)[C@]3(C)CC[C@@H]12.CC1(C)C(=O)CC[C@]2(C)C3C(=O)C=C4[C@H]5C[C@@](C)(C(=O)O)CC[C@]5(C)CC[C@@]4(C)[C@]3(C)CC[C@@H]12.C[C@@H](O)C1CCC2C3CCC4=C[C@@H](O)CC[C@]4(C)C3[C@@H](O)C[C@@]21C. The van der Waals surface area contributed by atoms with Crippen LogP contribution in [0.2, 0.25) is 0 Å². The van der Waals surface area contributed by atoms with E-state index in [1.807, 2.05) is 39.0 Å². The van der Waals surface area contributed by atoms with Gasteiger partial charge in [-0.3, -0.25) is 38.4 Å². The summed E-state index contributed by atoms with van der Waals surface area (Å²) in [6.45, 7) is 44.3. The van der Waals surface area contributed by atoms with Crippen LogP contribution in [-0.4, -0.2) is 90.5 Å². The third kappa shape index (κ3) is 12.2. The Morgan fingerprint density at radius 2 is 0.896 bits per heavy atom. The quantitative estimate of drug-likeness (QED) is 0.165. The van der Waals surface area contributed by atoms with Gasteiger partial charge in [-0.05, 0) is 369 Å². The van der Waals surface area contributed by atoms with Crippen LogP contribution in [0.15, 0.2) is 46.6 Å². The average molecular weight is 1590 g/mol. The molecule has 0 heterocycles. The Hall–Kier alpha value is -4.20. The molecule has 0 aromatic rings. The van der Waals surface area contributed by atoms with E-state index in [0.717, 1.165) is 172 Å². The molecule has 13 heteroatoms. The first kappa shape index (κ1) is 85.8. The highest BCUT2D eigenvalue weighted by atomic mass is 16.4. The van der Waals surface area contributed by atoms with Gasteiger partial charge in [0, 0.05) is 47.8 Å². The molecule has 0 saturated heterocycles. The second kappa shape index (κ2) is 27.9. The van der Waals surface area contributed by atoms with Gasteiger partial charge in [0.1, 0.15) is 17.3 Å². The van der Waals surface area contributed by atoms with E-state index in [-0.39, 0.29) is 141 Å². The summed E-state index contributed by atoms with van der Waals surface area (Å²) in [4.78, 5) is 103. The average Bonchev–Trinajstić information content (AvgIpc) is 1.62. The molecule has 18 rings (SSSR count). The van der Waals surface area contributed by atoms with Crippen LogP contribution in [0.4, 0.5) is 0 Å². The van der Waals surface area contributed by atoms with Gasteiger partial charge in [-0.2, -0.15) is 0 Å². The molecule has 115 heavy (non-hydrogen) atoms. The fourth-order valence-corrected chi connectivity index (χ4v) is 35.2. The Balaban J connectivity index is 0.000000122. The van der Waals surface area contributed by atoms with Crippen molar-refractivity contribution in [3.63, 3.8) is 0 Å². The summed E-state index contributed by atoms with van der Waals surface area (Å²) in [7, 11) is 0. The van der Waals surface area contributed by atoms with Crippen molar-refractivity contribution in [1.29, 1.82) is 0 Å². The maximum absolute atomic E-state index is 14.2. The van der Waals surface area contributed by atoms with Gasteiger partial charge in [0.15, 0.2) is 17.3 Å². The van der Waals surface area contributed by atoms with Crippen LogP contribution < -0.4 is 0 Å². The molecule has 18 aliphatic carbocycles. The van der Waals surface area contributed by atoms with Crippen molar-refractivity contribution < 1.29 is 63.9 Å². The highest BCUT2D eigenvalue weighted by molar-refractivity contribution is 5.98. The minimum atomic E-state index is -0.721. The second-order valence-electron chi connectivity index (χ2n) is 48.4. The fourth-order valence-electron chi connectivity index (χ4n) is 35.2. The lowest BCUT2D eigenvalue weighted by molar-refractivity contribution is -0.188. The summed E-state index contributed by atoms with van der Waals surface area (Å²) in [6.07, 6.45) is 38.9. The number of aliphatic hydroxyl groups excluding tert-OH is 3. The summed E-state index contributed by atoms with van der Waals surface area (Å²) < 4.78 is 0. The largest absolute Gasteiger partial charge is 0.481 e. The minimum absolute atomic E-state index is 0.0613. The summed E-state index contributed by atoms with van der Waals surface area (Å²) in [5.41, 5.74) is 3.08. The molecule has 638 valence electrons. The molecule has 0 amide bonds. The monoisotopic (exact) mass is 1590 g/mol. The molecule has 31 atom stereocenters. The van der Waals surface area contributed by atoms with E-state index >= 15 is 0 Å². The van der Waals surface area contributed by atoms with Gasteiger partial charge in [-0.25, -0.2) is 0 Å². The summed E-state index contributed by atoms with van der Waals surface area (Å²) >= 11 is 0. The number of fused-ring (bicyclic) bond motifs is 24. The third-order valence-electron chi connectivity index (χ3n) is 42.8. The molecule has 5 N–H and O–H groups in total. The van der Waals surface area contributed by atoms with Gasteiger partial charge in [0.05, 0.1) is 29.1 Å². The Morgan fingerprint density at radius 3 is 1.38 bits per heavy atom. The Bertz CT molecular complexity index is 4000. The highest BCUT2D eigenvalue weighted by Crippen LogP contribution is 2.79. The summed E-state index contributed by atoms with van der Waals surface area (Å²) in [6, 6.07) is 0. The number of hydrogen-bond acceptors (Lipinski definition) is 11. The van der Waals surface area contributed by atoms with Crippen LogP contribution in [0.25, 0.3) is 0 Å². The van der Waals surface area contributed by atoms with Crippen molar-refractivity contribution in [3.8, 4) is 0 Å². The van der Waals surface area contributed by atoms with Crippen LogP contribution in [0.1, 0.15) is 350 Å². The summed E-state index contributed by atoms with van der Waals surface area (Å²) in [5.74, 6) is 5.60. The molecular formula is C102H152O13. The van der Waals surface area contributed by atoms with E-state index in [9.17, 15) is 63.9 Å². The van der Waals surface area contributed by atoms with Crippen LogP contribution in [0, 0.1) is 169 Å². The van der Waals surface area contributed by atoms with Crippen LogP contribution >= 0.6 is 0 Å². The van der Waals surface area contributed by atoms with Gasteiger partial charge in [0.2, 0.25) is 0 Å². The summed E-state index contributed by atoms with van der Waals surface area (Å²) in [5, 5.41) is 51.6. The first-order valence-corrected chi connectivity index (χ1v) is 46.8. The van der Waals surface area contributed by atoms with E-state index in [2.05, 4.69) is 117 Å². The molecule has 11 unspecified atom stereocenters. The number of rotatable bonds is 4.